The summed E-state index contributed by atoms with van der Waals surface area (Å²) in [6.45, 7) is 0. The monoisotopic (exact) mass is 125 g/mol. The van der Waals surface area contributed by atoms with Crippen LogP contribution >= 0.6 is 0 Å². The summed E-state index contributed by atoms with van der Waals surface area (Å²) in [6.07, 6.45) is 3.77. The summed E-state index contributed by atoms with van der Waals surface area (Å²) in [5.41, 5.74) is 5.46. The van der Waals surface area contributed by atoms with Crippen molar-refractivity contribution in [1.82, 2.24) is 5.32 Å². The molecule has 1 heterocycles. The first-order valence-electron chi connectivity index (χ1n) is 3.46. The van der Waals surface area contributed by atoms with Gasteiger partial charge in [0.05, 0.1) is 12.1 Å². The maximum Gasteiger partial charge on any atom is 0.189 e. The third-order valence-electron chi connectivity index (χ3n) is 2.12. The van der Waals surface area contributed by atoms with E-state index in [-0.39, 0.29) is 0 Å². The van der Waals surface area contributed by atoms with Crippen molar-refractivity contribution >= 4 is 5.96 Å². The fraction of sp³-hybridized carbons (Fsp3) is 0.833. The van der Waals surface area contributed by atoms with Crippen LogP contribution in [0, 0.1) is 0 Å². The van der Waals surface area contributed by atoms with E-state index in [1.807, 2.05) is 0 Å². The summed E-state index contributed by atoms with van der Waals surface area (Å²) in [5, 5.41) is 3.14. The first-order valence-corrected chi connectivity index (χ1v) is 3.46. The molecule has 1 unspecified atom stereocenters. The van der Waals surface area contributed by atoms with E-state index in [0.29, 0.717) is 18.0 Å². The Morgan fingerprint density at radius 3 is 3.22 bits per heavy atom. The van der Waals surface area contributed by atoms with Crippen molar-refractivity contribution in [3.63, 3.8) is 0 Å². The second-order valence-electron chi connectivity index (χ2n) is 2.76. The molecular formula is C6H11N3. The number of fused-ring (bicyclic) bond motifs is 1. The molecule has 0 aromatic heterocycles. The van der Waals surface area contributed by atoms with Crippen molar-refractivity contribution in [2.75, 3.05) is 0 Å². The van der Waals surface area contributed by atoms with Gasteiger partial charge >= 0.3 is 0 Å². The third-order valence-corrected chi connectivity index (χ3v) is 2.12. The Hall–Kier alpha value is -0.730. The molecule has 0 amide bonds. The van der Waals surface area contributed by atoms with Gasteiger partial charge in [-0.25, -0.2) is 4.99 Å². The molecule has 9 heavy (non-hydrogen) atoms. The molecule has 0 bridgehead atoms. The molecule has 0 spiro atoms. The largest absolute Gasteiger partial charge is 0.370 e. The normalized spacial score (nSPS) is 39.8. The van der Waals surface area contributed by atoms with E-state index in [2.05, 4.69) is 10.3 Å². The molecule has 2 rings (SSSR count). The van der Waals surface area contributed by atoms with E-state index in [4.69, 9.17) is 5.73 Å². The number of rotatable bonds is 0. The lowest BCUT2D eigenvalue weighted by Crippen LogP contribution is -2.34. The van der Waals surface area contributed by atoms with E-state index < -0.39 is 0 Å². The minimum absolute atomic E-state index is 0.505. The number of nitrogens with one attached hydrogen (secondary N) is 1. The Morgan fingerprint density at radius 2 is 2.44 bits per heavy atom. The van der Waals surface area contributed by atoms with Gasteiger partial charge in [-0.1, -0.05) is 0 Å². The van der Waals surface area contributed by atoms with Gasteiger partial charge in [0.2, 0.25) is 0 Å². The molecule has 3 N–H and O–H groups in total. The zero-order valence-electron chi connectivity index (χ0n) is 5.30. The standard InChI is InChI=1S/C6H11N3/c7-6-8-4-2-1-3-5(4)9-6/h4-5H,1-3H2,(H3,7,8,9)/t4-,5?/m0/s1. The van der Waals surface area contributed by atoms with Gasteiger partial charge in [-0.05, 0) is 19.3 Å². The summed E-state index contributed by atoms with van der Waals surface area (Å²) >= 11 is 0. The van der Waals surface area contributed by atoms with E-state index in [0.717, 1.165) is 0 Å². The minimum atomic E-state index is 0.505. The molecule has 3 heteroatoms. The molecule has 0 radical (unpaired) electrons. The maximum absolute atomic E-state index is 5.46. The Labute approximate surface area is 54.3 Å². The van der Waals surface area contributed by atoms with Gasteiger partial charge < -0.3 is 11.1 Å². The van der Waals surface area contributed by atoms with Crippen LogP contribution in [0.4, 0.5) is 0 Å². The summed E-state index contributed by atoms with van der Waals surface area (Å²) in [4.78, 5) is 4.23. The van der Waals surface area contributed by atoms with E-state index in [9.17, 15) is 0 Å². The Bertz CT molecular complexity index is 152. The van der Waals surface area contributed by atoms with Crippen molar-refractivity contribution in [1.29, 1.82) is 0 Å². The van der Waals surface area contributed by atoms with Crippen LogP contribution in [0.5, 0.6) is 0 Å². The second-order valence-corrected chi connectivity index (χ2v) is 2.76. The van der Waals surface area contributed by atoms with Gasteiger partial charge in [-0.3, -0.25) is 0 Å². The molecule has 1 fully saturated rings. The van der Waals surface area contributed by atoms with Crippen LogP contribution in [0.1, 0.15) is 19.3 Å². The Balaban J connectivity index is 2.13. The van der Waals surface area contributed by atoms with Crippen LogP contribution in [-0.4, -0.2) is 18.0 Å². The van der Waals surface area contributed by atoms with Gasteiger partial charge in [0.25, 0.3) is 0 Å². The zero-order valence-corrected chi connectivity index (χ0v) is 5.30. The fourth-order valence-electron chi connectivity index (χ4n) is 1.67. The molecular weight excluding hydrogens is 114 g/mol. The number of aliphatic imine (C=N–C) groups is 1. The number of nitrogens with zero attached hydrogens (tertiary/aromatic N) is 1. The summed E-state index contributed by atoms with van der Waals surface area (Å²) in [5.74, 6) is 0.643. The highest BCUT2D eigenvalue weighted by molar-refractivity contribution is 5.80. The highest BCUT2D eigenvalue weighted by atomic mass is 15.2. The average Bonchev–Trinajstić information content (AvgIpc) is 2.22. The van der Waals surface area contributed by atoms with Crippen molar-refractivity contribution in [3.8, 4) is 0 Å². The van der Waals surface area contributed by atoms with Crippen LogP contribution in [0.25, 0.3) is 0 Å². The van der Waals surface area contributed by atoms with E-state index in [1.54, 1.807) is 0 Å². The summed E-state index contributed by atoms with van der Waals surface area (Å²) < 4.78 is 0. The van der Waals surface area contributed by atoms with E-state index in [1.165, 1.54) is 19.3 Å². The third kappa shape index (κ3) is 0.677. The SMILES string of the molecule is NC1=NC2CCC[C@@H]2N1. The lowest BCUT2D eigenvalue weighted by Gasteiger charge is -2.05. The maximum atomic E-state index is 5.46. The van der Waals surface area contributed by atoms with Crippen LogP contribution in [0.15, 0.2) is 4.99 Å². The quantitative estimate of drug-likeness (QED) is 0.472. The molecule has 2 atom stereocenters. The molecule has 2 aliphatic rings. The molecule has 0 aromatic rings. The molecule has 50 valence electrons. The smallest absolute Gasteiger partial charge is 0.189 e. The van der Waals surface area contributed by atoms with Gasteiger partial charge in [0, 0.05) is 0 Å². The highest BCUT2D eigenvalue weighted by Gasteiger charge is 2.31. The molecule has 0 aromatic carbocycles. The van der Waals surface area contributed by atoms with Crippen LogP contribution in [0.3, 0.4) is 0 Å². The average molecular weight is 125 g/mol. The number of hydrogen-bond acceptors (Lipinski definition) is 3. The molecule has 0 saturated heterocycles. The van der Waals surface area contributed by atoms with Crippen molar-refractivity contribution in [2.24, 2.45) is 10.7 Å². The fourth-order valence-corrected chi connectivity index (χ4v) is 1.67. The van der Waals surface area contributed by atoms with Crippen LogP contribution in [-0.2, 0) is 0 Å². The first-order chi connectivity index (χ1) is 4.36. The molecule has 3 nitrogen and oxygen atoms in total. The van der Waals surface area contributed by atoms with Crippen molar-refractivity contribution in [2.45, 2.75) is 31.3 Å². The number of nitrogens with two attached hydrogens (primary N) is 1. The minimum Gasteiger partial charge on any atom is -0.370 e. The zero-order chi connectivity index (χ0) is 6.27. The first kappa shape index (κ1) is 5.09. The molecule has 1 aliphatic heterocycles. The predicted molar refractivity (Wildman–Crippen MR) is 36.2 cm³/mol. The molecule has 1 saturated carbocycles. The van der Waals surface area contributed by atoms with Gasteiger partial charge in [-0.15, -0.1) is 0 Å². The topological polar surface area (TPSA) is 50.4 Å². The summed E-state index contributed by atoms with van der Waals surface area (Å²) in [6, 6.07) is 1.08. The van der Waals surface area contributed by atoms with E-state index >= 15 is 0 Å². The Morgan fingerprint density at radius 1 is 1.56 bits per heavy atom. The summed E-state index contributed by atoms with van der Waals surface area (Å²) in [7, 11) is 0. The van der Waals surface area contributed by atoms with Crippen LogP contribution < -0.4 is 11.1 Å². The van der Waals surface area contributed by atoms with Gasteiger partial charge in [0.15, 0.2) is 5.96 Å². The van der Waals surface area contributed by atoms with Crippen molar-refractivity contribution < 1.29 is 0 Å². The van der Waals surface area contributed by atoms with Gasteiger partial charge in [0.1, 0.15) is 0 Å². The van der Waals surface area contributed by atoms with Gasteiger partial charge in [-0.2, -0.15) is 0 Å². The Kier molecular flexibility index (Phi) is 0.917. The number of hydrogen-bond donors (Lipinski definition) is 2. The lowest BCUT2D eigenvalue weighted by molar-refractivity contribution is 0.599. The predicted octanol–water partition coefficient (Wildman–Crippen LogP) is -0.175. The lowest BCUT2D eigenvalue weighted by atomic mass is 10.2. The van der Waals surface area contributed by atoms with Crippen molar-refractivity contribution in [3.05, 3.63) is 0 Å². The number of guanidine groups is 1. The van der Waals surface area contributed by atoms with Crippen LogP contribution in [0.2, 0.25) is 0 Å². The molecule has 1 aliphatic carbocycles. The second kappa shape index (κ2) is 1.62. The highest BCUT2D eigenvalue weighted by Crippen LogP contribution is 2.24.